The molecule has 0 spiro atoms. The Hall–Kier alpha value is -0.130. The van der Waals surface area contributed by atoms with Crippen LogP contribution in [0.25, 0.3) is 0 Å². The van der Waals surface area contributed by atoms with Gasteiger partial charge in [-0.3, -0.25) is 0 Å². The molecule has 1 fully saturated rings. The first-order chi connectivity index (χ1) is 6.95. The van der Waals surface area contributed by atoms with Crippen molar-refractivity contribution in [1.29, 1.82) is 0 Å². The molecule has 0 bridgehead atoms. The van der Waals surface area contributed by atoms with E-state index in [9.17, 15) is 8.42 Å². The molecule has 0 aliphatic heterocycles. The molecule has 1 aliphatic carbocycles. The van der Waals surface area contributed by atoms with E-state index in [1.807, 2.05) is 0 Å². The van der Waals surface area contributed by atoms with Gasteiger partial charge in [-0.1, -0.05) is 6.92 Å². The van der Waals surface area contributed by atoms with Crippen molar-refractivity contribution in [1.82, 2.24) is 4.72 Å². The zero-order valence-electron chi connectivity index (χ0n) is 9.44. The zero-order valence-corrected chi connectivity index (χ0v) is 10.3. The molecule has 0 radical (unpaired) electrons. The molecule has 1 atom stereocenters. The molecule has 1 saturated carbocycles. The Bertz CT molecular complexity index is 281. The van der Waals surface area contributed by atoms with E-state index in [4.69, 9.17) is 5.11 Å². The third kappa shape index (κ3) is 3.74. The van der Waals surface area contributed by atoms with Crippen molar-refractivity contribution < 1.29 is 13.5 Å². The van der Waals surface area contributed by atoms with Gasteiger partial charge >= 0.3 is 0 Å². The minimum Gasteiger partial charge on any atom is -0.395 e. The van der Waals surface area contributed by atoms with Crippen LogP contribution in [-0.4, -0.2) is 31.4 Å². The number of hydrogen-bond acceptors (Lipinski definition) is 3. The third-order valence-corrected chi connectivity index (χ3v) is 5.00. The summed E-state index contributed by atoms with van der Waals surface area (Å²) in [5, 5.41) is 8.11. The van der Waals surface area contributed by atoms with Crippen LogP contribution >= 0.6 is 0 Å². The summed E-state index contributed by atoms with van der Waals surface area (Å²) in [6.07, 6.45) is 4.00. The van der Waals surface area contributed by atoms with Crippen LogP contribution in [0.3, 0.4) is 0 Å². The van der Waals surface area contributed by atoms with E-state index in [-0.39, 0.29) is 12.6 Å². The highest BCUT2D eigenvalue weighted by atomic mass is 32.2. The van der Waals surface area contributed by atoms with Crippen molar-refractivity contribution in [3.05, 3.63) is 0 Å². The average Bonchev–Trinajstić information content (AvgIpc) is 2.20. The fraction of sp³-hybridized carbons (Fsp3) is 1.00. The predicted octanol–water partition coefficient (Wildman–Crippen LogP) is 0.865. The van der Waals surface area contributed by atoms with Crippen molar-refractivity contribution in [3.8, 4) is 0 Å². The lowest BCUT2D eigenvalue weighted by molar-refractivity contribution is 0.291. The Labute approximate surface area is 92.1 Å². The van der Waals surface area contributed by atoms with Crippen LogP contribution in [0.4, 0.5) is 0 Å². The molecule has 15 heavy (non-hydrogen) atoms. The molecule has 0 heterocycles. The van der Waals surface area contributed by atoms with Crippen molar-refractivity contribution in [3.63, 3.8) is 0 Å². The third-order valence-electron chi connectivity index (χ3n) is 3.13. The summed E-state index contributed by atoms with van der Waals surface area (Å²) in [7, 11) is -3.33. The van der Waals surface area contributed by atoms with Crippen LogP contribution in [-0.2, 0) is 10.0 Å². The Kier molecular flexibility index (Phi) is 4.55. The van der Waals surface area contributed by atoms with E-state index in [1.54, 1.807) is 0 Å². The second-order valence-electron chi connectivity index (χ2n) is 4.61. The van der Waals surface area contributed by atoms with Crippen LogP contribution in [0.5, 0.6) is 0 Å². The highest BCUT2D eigenvalue weighted by molar-refractivity contribution is 7.90. The zero-order chi connectivity index (χ0) is 11.5. The van der Waals surface area contributed by atoms with Crippen molar-refractivity contribution in [2.75, 3.05) is 6.61 Å². The number of aliphatic hydroxyl groups excluding tert-OH is 1. The Morgan fingerprint density at radius 3 is 2.33 bits per heavy atom. The molecule has 0 aromatic carbocycles. The number of nitrogens with one attached hydrogen (secondary N) is 1. The number of rotatable bonds is 4. The molecule has 1 aliphatic rings. The summed E-state index contributed by atoms with van der Waals surface area (Å²) in [6.45, 7) is 3.40. The molecule has 5 heteroatoms. The van der Waals surface area contributed by atoms with Gasteiger partial charge in [0.15, 0.2) is 0 Å². The topological polar surface area (TPSA) is 66.4 Å². The van der Waals surface area contributed by atoms with Gasteiger partial charge in [-0.15, -0.1) is 0 Å². The maximum atomic E-state index is 11.6. The number of aliphatic hydroxyl groups is 1. The van der Waals surface area contributed by atoms with E-state index in [0.717, 1.165) is 25.7 Å². The SMILES string of the molecule is CC1CCC(NS(=O)(=O)C(C)CO)CC1. The van der Waals surface area contributed by atoms with E-state index in [1.165, 1.54) is 6.92 Å². The number of hydrogen-bond donors (Lipinski definition) is 2. The summed E-state index contributed by atoms with van der Waals surface area (Å²) in [4.78, 5) is 0. The maximum absolute atomic E-state index is 11.6. The summed E-state index contributed by atoms with van der Waals surface area (Å²) in [5.41, 5.74) is 0. The van der Waals surface area contributed by atoms with Gasteiger partial charge in [0.2, 0.25) is 10.0 Å². The summed E-state index contributed by atoms with van der Waals surface area (Å²) < 4.78 is 26.0. The fourth-order valence-electron chi connectivity index (χ4n) is 1.82. The second kappa shape index (κ2) is 5.27. The van der Waals surface area contributed by atoms with Crippen LogP contribution in [0.15, 0.2) is 0 Å². The molecule has 1 rings (SSSR count). The smallest absolute Gasteiger partial charge is 0.216 e. The first kappa shape index (κ1) is 12.9. The van der Waals surface area contributed by atoms with E-state index >= 15 is 0 Å². The molecule has 0 aromatic rings. The van der Waals surface area contributed by atoms with Gasteiger partial charge < -0.3 is 5.11 Å². The monoisotopic (exact) mass is 235 g/mol. The molecule has 0 aromatic heterocycles. The molecule has 4 nitrogen and oxygen atoms in total. The molecular weight excluding hydrogens is 214 g/mol. The van der Waals surface area contributed by atoms with Crippen LogP contribution in [0, 0.1) is 5.92 Å². The minimum atomic E-state index is -3.33. The summed E-state index contributed by atoms with van der Waals surface area (Å²) in [6, 6.07) is 0.0696. The lowest BCUT2D eigenvalue weighted by Gasteiger charge is -2.27. The quantitative estimate of drug-likeness (QED) is 0.759. The van der Waals surface area contributed by atoms with Crippen LogP contribution in [0.2, 0.25) is 0 Å². The lowest BCUT2D eigenvalue weighted by Crippen LogP contribution is -2.42. The van der Waals surface area contributed by atoms with Gasteiger partial charge in [0.25, 0.3) is 0 Å². The predicted molar refractivity (Wildman–Crippen MR) is 60.0 cm³/mol. The van der Waals surface area contributed by atoms with Crippen molar-refractivity contribution in [2.24, 2.45) is 5.92 Å². The van der Waals surface area contributed by atoms with Crippen molar-refractivity contribution in [2.45, 2.75) is 50.8 Å². The average molecular weight is 235 g/mol. The van der Waals surface area contributed by atoms with Gasteiger partial charge in [-0.25, -0.2) is 13.1 Å². The minimum absolute atomic E-state index is 0.0696. The molecule has 0 amide bonds. The summed E-state index contributed by atoms with van der Waals surface area (Å²) in [5.74, 6) is 0.709. The van der Waals surface area contributed by atoms with Gasteiger partial charge in [0, 0.05) is 6.04 Å². The Morgan fingerprint density at radius 1 is 1.33 bits per heavy atom. The van der Waals surface area contributed by atoms with E-state index < -0.39 is 15.3 Å². The van der Waals surface area contributed by atoms with E-state index in [2.05, 4.69) is 11.6 Å². The Morgan fingerprint density at radius 2 is 1.87 bits per heavy atom. The molecule has 1 unspecified atom stereocenters. The van der Waals surface area contributed by atoms with Crippen LogP contribution in [0.1, 0.15) is 39.5 Å². The van der Waals surface area contributed by atoms with Crippen LogP contribution < -0.4 is 4.72 Å². The largest absolute Gasteiger partial charge is 0.395 e. The van der Waals surface area contributed by atoms with Crippen molar-refractivity contribution >= 4 is 10.0 Å². The molecule has 0 saturated heterocycles. The second-order valence-corrected chi connectivity index (χ2v) is 6.74. The standard InChI is InChI=1S/C10H21NO3S/c1-8-3-5-10(6-4-8)11-15(13,14)9(2)7-12/h8-12H,3-7H2,1-2H3. The first-order valence-corrected chi connectivity index (χ1v) is 7.12. The molecule has 90 valence electrons. The molecular formula is C10H21NO3S. The highest BCUT2D eigenvalue weighted by Gasteiger charge is 2.26. The lowest BCUT2D eigenvalue weighted by atomic mass is 9.88. The summed E-state index contributed by atoms with van der Waals surface area (Å²) >= 11 is 0. The first-order valence-electron chi connectivity index (χ1n) is 5.57. The maximum Gasteiger partial charge on any atom is 0.216 e. The van der Waals surface area contributed by atoms with E-state index in [0.29, 0.717) is 5.92 Å². The number of sulfonamides is 1. The normalized spacial score (nSPS) is 30.1. The molecule has 2 N–H and O–H groups in total. The van der Waals surface area contributed by atoms with Gasteiger partial charge in [0.1, 0.15) is 0 Å². The van der Waals surface area contributed by atoms with Gasteiger partial charge in [-0.05, 0) is 38.5 Å². The fourth-order valence-corrected chi connectivity index (χ4v) is 2.95. The Balaban J connectivity index is 2.48. The van der Waals surface area contributed by atoms with Gasteiger partial charge in [0.05, 0.1) is 11.9 Å². The van der Waals surface area contributed by atoms with Gasteiger partial charge in [-0.2, -0.15) is 0 Å². The highest BCUT2D eigenvalue weighted by Crippen LogP contribution is 2.24.